The molecule has 0 aliphatic rings. The van der Waals surface area contributed by atoms with Gasteiger partial charge in [-0.1, -0.05) is 37.3 Å². The minimum atomic E-state index is -0.308. The first-order valence-corrected chi connectivity index (χ1v) is 6.17. The van der Waals surface area contributed by atoms with Crippen LogP contribution in [0.2, 0.25) is 0 Å². The molecule has 0 spiro atoms. The molecule has 0 bridgehead atoms. The molecule has 2 rings (SSSR count). The molecule has 1 aromatic heterocycles. The monoisotopic (exact) mass is 259 g/mol. The van der Waals surface area contributed by atoms with E-state index in [1.807, 2.05) is 37.3 Å². The minimum Gasteiger partial charge on any atom is -0.334 e. The highest BCUT2D eigenvalue weighted by Gasteiger charge is 2.08. The normalized spacial score (nSPS) is 10.2. The number of amides is 2. The fourth-order valence-corrected chi connectivity index (χ4v) is 1.70. The van der Waals surface area contributed by atoms with Crippen LogP contribution < -0.4 is 10.6 Å². The average molecular weight is 259 g/mol. The lowest BCUT2D eigenvalue weighted by molar-refractivity contribution is 0.251. The van der Waals surface area contributed by atoms with Crippen LogP contribution >= 0.6 is 0 Å². The standard InChI is InChI=1S/C13H17N5O/c1-3-11-15-12(17-18(11)2)16-13(19)14-9-10-7-5-4-6-8-10/h4-8H,3,9H2,1-2H3,(H2,14,16,17,19). The Balaban J connectivity index is 1.87. The Morgan fingerprint density at radius 1 is 1.32 bits per heavy atom. The second kappa shape index (κ2) is 5.99. The van der Waals surface area contributed by atoms with Crippen LogP contribution in [-0.4, -0.2) is 20.8 Å². The number of aromatic nitrogens is 3. The fraction of sp³-hybridized carbons (Fsp3) is 0.308. The van der Waals surface area contributed by atoms with Crippen molar-refractivity contribution in [3.05, 3.63) is 41.7 Å². The van der Waals surface area contributed by atoms with E-state index in [0.717, 1.165) is 17.8 Å². The van der Waals surface area contributed by atoms with E-state index in [-0.39, 0.29) is 6.03 Å². The van der Waals surface area contributed by atoms with Crippen molar-refractivity contribution in [1.29, 1.82) is 0 Å². The van der Waals surface area contributed by atoms with Crippen LogP contribution in [0.25, 0.3) is 0 Å². The number of carbonyl (C=O) groups excluding carboxylic acids is 1. The van der Waals surface area contributed by atoms with Gasteiger partial charge in [0.15, 0.2) is 0 Å². The molecule has 19 heavy (non-hydrogen) atoms. The first-order chi connectivity index (χ1) is 9.19. The highest BCUT2D eigenvalue weighted by molar-refractivity contribution is 5.87. The van der Waals surface area contributed by atoms with Gasteiger partial charge in [-0.15, -0.1) is 5.10 Å². The number of urea groups is 1. The molecule has 0 atom stereocenters. The third-order valence-corrected chi connectivity index (χ3v) is 2.69. The van der Waals surface area contributed by atoms with Gasteiger partial charge >= 0.3 is 6.03 Å². The minimum absolute atomic E-state index is 0.308. The largest absolute Gasteiger partial charge is 0.334 e. The molecule has 1 aromatic carbocycles. The lowest BCUT2D eigenvalue weighted by Crippen LogP contribution is -2.28. The van der Waals surface area contributed by atoms with Crippen molar-refractivity contribution in [1.82, 2.24) is 20.1 Å². The second-order valence-electron chi connectivity index (χ2n) is 4.12. The van der Waals surface area contributed by atoms with Gasteiger partial charge in [0.25, 0.3) is 0 Å². The van der Waals surface area contributed by atoms with Gasteiger partial charge in [-0.25, -0.2) is 4.79 Å². The summed E-state index contributed by atoms with van der Waals surface area (Å²) in [5, 5.41) is 9.48. The van der Waals surface area contributed by atoms with Gasteiger partial charge in [0.05, 0.1) is 0 Å². The molecular formula is C13H17N5O. The Morgan fingerprint density at radius 2 is 2.05 bits per heavy atom. The van der Waals surface area contributed by atoms with Gasteiger partial charge in [-0.2, -0.15) is 4.98 Å². The Hall–Kier alpha value is -2.37. The zero-order valence-corrected chi connectivity index (χ0v) is 11.1. The summed E-state index contributed by atoms with van der Waals surface area (Å²) in [7, 11) is 1.80. The van der Waals surface area contributed by atoms with Crippen LogP contribution in [0.1, 0.15) is 18.3 Å². The molecule has 2 amide bonds. The molecular weight excluding hydrogens is 242 g/mol. The summed E-state index contributed by atoms with van der Waals surface area (Å²) in [6.45, 7) is 2.46. The summed E-state index contributed by atoms with van der Waals surface area (Å²) in [5.74, 6) is 1.16. The number of aryl methyl sites for hydroxylation is 2. The summed E-state index contributed by atoms with van der Waals surface area (Å²) in [5.41, 5.74) is 1.04. The molecule has 6 nitrogen and oxygen atoms in total. The van der Waals surface area contributed by atoms with E-state index in [1.54, 1.807) is 11.7 Å². The number of rotatable bonds is 4. The van der Waals surface area contributed by atoms with E-state index >= 15 is 0 Å². The van der Waals surface area contributed by atoms with Crippen molar-refractivity contribution >= 4 is 12.0 Å². The average Bonchev–Trinajstić information content (AvgIpc) is 2.77. The van der Waals surface area contributed by atoms with E-state index in [1.165, 1.54) is 0 Å². The van der Waals surface area contributed by atoms with Crippen molar-refractivity contribution in [2.24, 2.45) is 7.05 Å². The molecule has 1 heterocycles. The third-order valence-electron chi connectivity index (χ3n) is 2.69. The number of hydrogen-bond acceptors (Lipinski definition) is 3. The zero-order valence-electron chi connectivity index (χ0n) is 11.1. The van der Waals surface area contributed by atoms with Crippen molar-refractivity contribution in [3.8, 4) is 0 Å². The summed E-state index contributed by atoms with van der Waals surface area (Å²) >= 11 is 0. The molecule has 0 radical (unpaired) electrons. The van der Waals surface area contributed by atoms with Crippen molar-refractivity contribution in [3.63, 3.8) is 0 Å². The number of carbonyl (C=O) groups is 1. The van der Waals surface area contributed by atoms with Gasteiger partial charge in [-0.05, 0) is 5.56 Å². The topological polar surface area (TPSA) is 71.8 Å². The maximum atomic E-state index is 11.7. The van der Waals surface area contributed by atoms with Crippen LogP contribution in [0, 0.1) is 0 Å². The first kappa shape index (κ1) is 13.1. The van der Waals surface area contributed by atoms with Gasteiger partial charge in [0.1, 0.15) is 5.82 Å². The van der Waals surface area contributed by atoms with Crippen LogP contribution in [0.4, 0.5) is 10.7 Å². The van der Waals surface area contributed by atoms with Crippen molar-refractivity contribution in [2.45, 2.75) is 19.9 Å². The summed E-state index contributed by atoms with van der Waals surface area (Å²) in [6.07, 6.45) is 0.775. The second-order valence-corrected chi connectivity index (χ2v) is 4.12. The summed E-state index contributed by atoms with van der Waals surface area (Å²) in [6, 6.07) is 9.40. The van der Waals surface area contributed by atoms with Gasteiger partial charge in [0, 0.05) is 20.0 Å². The van der Waals surface area contributed by atoms with Gasteiger partial charge in [0.2, 0.25) is 5.95 Å². The Morgan fingerprint density at radius 3 is 2.68 bits per heavy atom. The Bertz CT molecular complexity index is 549. The van der Waals surface area contributed by atoms with Gasteiger partial charge in [-0.3, -0.25) is 10.00 Å². The summed E-state index contributed by atoms with van der Waals surface area (Å²) < 4.78 is 1.66. The zero-order chi connectivity index (χ0) is 13.7. The molecule has 0 saturated heterocycles. The number of nitrogens with one attached hydrogen (secondary N) is 2. The SMILES string of the molecule is CCc1nc(NC(=O)NCc2ccccc2)nn1C. The third kappa shape index (κ3) is 3.54. The molecule has 2 N–H and O–H groups in total. The maximum absolute atomic E-state index is 11.7. The Labute approximate surface area is 111 Å². The van der Waals surface area contributed by atoms with Crippen LogP contribution in [0.3, 0.4) is 0 Å². The Kier molecular flexibility index (Phi) is 4.12. The molecule has 100 valence electrons. The molecule has 2 aromatic rings. The predicted octanol–water partition coefficient (Wildman–Crippen LogP) is 1.70. The quantitative estimate of drug-likeness (QED) is 0.877. The van der Waals surface area contributed by atoms with E-state index in [9.17, 15) is 4.79 Å². The maximum Gasteiger partial charge on any atom is 0.321 e. The predicted molar refractivity (Wildman–Crippen MR) is 72.7 cm³/mol. The number of nitrogens with zero attached hydrogens (tertiary/aromatic N) is 3. The van der Waals surface area contributed by atoms with Crippen LogP contribution in [-0.2, 0) is 20.0 Å². The molecule has 0 saturated carbocycles. The van der Waals surface area contributed by atoms with Crippen LogP contribution in [0.15, 0.2) is 30.3 Å². The van der Waals surface area contributed by atoms with Crippen molar-refractivity contribution in [2.75, 3.05) is 5.32 Å². The lowest BCUT2D eigenvalue weighted by atomic mass is 10.2. The summed E-state index contributed by atoms with van der Waals surface area (Å²) in [4.78, 5) is 15.9. The van der Waals surface area contributed by atoms with Gasteiger partial charge < -0.3 is 5.32 Å². The first-order valence-electron chi connectivity index (χ1n) is 6.17. The molecule has 0 unspecified atom stereocenters. The lowest BCUT2D eigenvalue weighted by Gasteiger charge is -2.04. The molecule has 0 fully saturated rings. The molecule has 6 heteroatoms. The highest BCUT2D eigenvalue weighted by atomic mass is 16.2. The molecule has 0 aliphatic carbocycles. The van der Waals surface area contributed by atoms with E-state index in [4.69, 9.17) is 0 Å². The van der Waals surface area contributed by atoms with Crippen LogP contribution in [0.5, 0.6) is 0 Å². The highest BCUT2D eigenvalue weighted by Crippen LogP contribution is 2.02. The van der Waals surface area contributed by atoms with Crippen molar-refractivity contribution < 1.29 is 4.79 Å². The van der Waals surface area contributed by atoms with E-state index < -0.39 is 0 Å². The van der Waals surface area contributed by atoms with E-state index in [0.29, 0.717) is 12.5 Å². The fourth-order valence-electron chi connectivity index (χ4n) is 1.70. The van der Waals surface area contributed by atoms with E-state index in [2.05, 4.69) is 20.7 Å². The smallest absolute Gasteiger partial charge is 0.321 e. The molecule has 0 aliphatic heterocycles. The number of anilines is 1. The number of hydrogen-bond donors (Lipinski definition) is 2. The number of benzene rings is 1.